The van der Waals surface area contributed by atoms with Crippen LogP contribution >= 0.6 is 0 Å². The number of hydrogen-bond acceptors (Lipinski definition) is 5. The van der Waals surface area contributed by atoms with Gasteiger partial charge in [0.1, 0.15) is 11.6 Å². The number of carbonyl (C=O) groups is 1. The van der Waals surface area contributed by atoms with Gasteiger partial charge in [0.05, 0.1) is 6.54 Å². The highest BCUT2D eigenvalue weighted by molar-refractivity contribution is 5.78. The van der Waals surface area contributed by atoms with Gasteiger partial charge in [-0.05, 0) is 31.7 Å². The first kappa shape index (κ1) is 17.2. The Labute approximate surface area is 152 Å². The Bertz CT molecular complexity index is 720. The maximum Gasteiger partial charge on any atom is 0.223 e. The second-order valence-corrected chi connectivity index (χ2v) is 7.10. The summed E-state index contributed by atoms with van der Waals surface area (Å²) in [6.45, 7) is 3.73. The van der Waals surface area contributed by atoms with Gasteiger partial charge in [-0.1, -0.05) is 0 Å². The van der Waals surface area contributed by atoms with Crippen molar-refractivity contribution >= 4 is 5.91 Å². The third-order valence-corrected chi connectivity index (χ3v) is 5.43. The van der Waals surface area contributed by atoms with Gasteiger partial charge in [0.15, 0.2) is 0 Å². The maximum atomic E-state index is 12.5. The summed E-state index contributed by atoms with van der Waals surface area (Å²) in [6.07, 6.45) is 8.16. The zero-order chi connectivity index (χ0) is 17.8. The molecule has 8 heteroatoms. The number of rotatable bonds is 5. The van der Waals surface area contributed by atoms with Gasteiger partial charge >= 0.3 is 0 Å². The van der Waals surface area contributed by atoms with Crippen LogP contribution in [0.15, 0.2) is 18.5 Å². The Morgan fingerprint density at radius 3 is 2.92 bits per heavy atom. The zero-order valence-corrected chi connectivity index (χ0v) is 15.0. The average molecular weight is 358 g/mol. The van der Waals surface area contributed by atoms with Crippen molar-refractivity contribution in [1.82, 2.24) is 29.9 Å². The number of fused-ring (bicyclic) bond motifs is 1. The molecule has 0 aliphatic carbocycles. The van der Waals surface area contributed by atoms with E-state index in [4.69, 9.17) is 4.74 Å². The number of carbonyl (C=O) groups excluding carboxylic acids is 1. The number of nitrogens with zero attached hydrogens (tertiary/aromatic N) is 5. The molecule has 1 atom stereocenters. The second kappa shape index (κ2) is 7.99. The molecule has 1 fully saturated rings. The normalized spacial score (nSPS) is 21.2. The van der Waals surface area contributed by atoms with Crippen molar-refractivity contribution in [3.8, 4) is 0 Å². The van der Waals surface area contributed by atoms with Gasteiger partial charge in [-0.15, -0.1) is 10.2 Å². The fourth-order valence-electron chi connectivity index (χ4n) is 3.90. The van der Waals surface area contributed by atoms with E-state index in [9.17, 15) is 4.79 Å². The molecule has 1 amide bonds. The molecule has 2 aromatic heterocycles. The minimum Gasteiger partial charge on any atom is -0.381 e. The lowest BCUT2D eigenvalue weighted by molar-refractivity contribution is -0.125. The molecule has 4 rings (SSSR count). The molecule has 1 N–H and O–H groups in total. The van der Waals surface area contributed by atoms with Crippen LogP contribution in [0.1, 0.15) is 43.3 Å². The van der Waals surface area contributed by atoms with Crippen LogP contribution in [0.3, 0.4) is 0 Å². The molecule has 2 aliphatic heterocycles. The number of hydrogen-bond donors (Lipinski definition) is 1. The molecule has 26 heavy (non-hydrogen) atoms. The van der Waals surface area contributed by atoms with E-state index in [-0.39, 0.29) is 11.8 Å². The third kappa shape index (κ3) is 3.80. The average Bonchev–Trinajstić information content (AvgIpc) is 3.28. The molecule has 8 nitrogen and oxygen atoms in total. The van der Waals surface area contributed by atoms with Gasteiger partial charge < -0.3 is 14.6 Å². The van der Waals surface area contributed by atoms with Crippen LogP contribution in [0.25, 0.3) is 0 Å². The predicted octanol–water partition coefficient (Wildman–Crippen LogP) is 1.14. The third-order valence-electron chi connectivity index (χ3n) is 5.43. The van der Waals surface area contributed by atoms with E-state index in [2.05, 4.69) is 25.2 Å². The van der Waals surface area contributed by atoms with Gasteiger partial charge in [-0.2, -0.15) is 5.10 Å². The molecule has 0 saturated carbocycles. The van der Waals surface area contributed by atoms with Gasteiger partial charge in [0, 0.05) is 57.0 Å². The lowest BCUT2D eigenvalue weighted by atomic mass is 9.98. The minimum atomic E-state index is 0.0388. The Balaban J connectivity index is 1.32. The van der Waals surface area contributed by atoms with Crippen molar-refractivity contribution in [1.29, 1.82) is 0 Å². The highest BCUT2D eigenvalue weighted by Crippen LogP contribution is 2.28. The number of aryl methyl sites for hydroxylation is 1. The topological polar surface area (TPSA) is 86.9 Å². The molecule has 140 valence electrons. The van der Waals surface area contributed by atoms with E-state index in [1.807, 2.05) is 16.9 Å². The number of amides is 1. The Morgan fingerprint density at radius 2 is 2.12 bits per heavy atom. The molecule has 0 aromatic carbocycles. The summed E-state index contributed by atoms with van der Waals surface area (Å²) in [7, 11) is 0. The van der Waals surface area contributed by atoms with Crippen LogP contribution in [-0.4, -0.2) is 50.2 Å². The molecule has 4 heterocycles. The van der Waals surface area contributed by atoms with Crippen LogP contribution in [-0.2, 0) is 29.0 Å². The van der Waals surface area contributed by atoms with Gasteiger partial charge in [0.2, 0.25) is 5.91 Å². The first-order chi connectivity index (χ1) is 12.8. The van der Waals surface area contributed by atoms with Crippen molar-refractivity contribution in [3.63, 3.8) is 0 Å². The largest absolute Gasteiger partial charge is 0.381 e. The summed E-state index contributed by atoms with van der Waals surface area (Å²) in [4.78, 5) is 12.5. The summed E-state index contributed by atoms with van der Waals surface area (Å²) < 4.78 is 9.55. The van der Waals surface area contributed by atoms with Crippen LogP contribution in [0.4, 0.5) is 0 Å². The van der Waals surface area contributed by atoms with Crippen LogP contribution < -0.4 is 5.32 Å². The lowest BCUT2D eigenvalue weighted by Crippen LogP contribution is -2.33. The molecule has 2 aromatic rings. The van der Waals surface area contributed by atoms with Crippen LogP contribution in [0.5, 0.6) is 0 Å². The van der Waals surface area contributed by atoms with Crippen LogP contribution in [0.2, 0.25) is 0 Å². The van der Waals surface area contributed by atoms with Gasteiger partial charge in [-0.3, -0.25) is 9.48 Å². The fourth-order valence-corrected chi connectivity index (χ4v) is 3.90. The Kier molecular flexibility index (Phi) is 5.29. The van der Waals surface area contributed by atoms with Gasteiger partial charge in [0.25, 0.3) is 0 Å². The second-order valence-electron chi connectivity index (χ2n) is 7.10. The number of aromatic nitrogens is 5. The van der Waals surface area contributed by atoms with Crippen molar-refractivity contribution in [2.24, 2.45) is 5.92 Å². The maximum absolute atomic E-state index is 12.5. The number of nitrogens with one attached hydrogen (secondary N) is 1. The summed E-state index contributed by atoms with van der Waals surface area (Å²) in [5, 5.41) is 16.1. The summed E-state index contributed by atoms with van der Waals surface area (Å²) in [6, 6.07) is 1.89. The highest BCUT2D eigenvalue weighted by Gasteiger charge is 2.28. The molecule has 2 aliphatic rings. The fraction of sp³-hybridized carbons (Fsp3) is 0.667. The molecule has 1 unspecified atom stereocenters. The lowest BCUT2D eigenvalue weighted by Gasteiger charge is -2.22. The van der Waals surface area contributed by atoms with E-state index in [1.165, 1.54) is 0 Å². The Morgan fingerprint density at radius 1 is 1.23 bits per heavy atom. The van der Waals surface area contributed by atoms with Gasteiger partial charge in [-0.25, -0.2) is 0 Å². The van der Waals surface area contributed by atoms with Crippen LogP contribution in [0, 0.1) is 5.92 Å². The SMILES string of the molecule is O=C(NCCn1cccn1)C1CCc2nnc(C3CCOCC3)n2CC1. The quantitative estimate of drug-likeness (QED) is 0.866. The summed E-state index contributed by atoms with van der Waals surface area (Å²) in [5.74, 6) is 2.73. The first-order valence-electron chi connectivity index (χ1n) is 9.56. The van der Waals surface area contributed by atoms with E-state index in [0.717, 1.165) is 63.5 Å². The summed E-state index contributed by atoms with van der Waals surface area (Å²) in [5.41, 5.74) is 0. The van der Waals surface area contributed by atoms with E-state index < -0.39 is 0 Å². The predicted molar refractivity (Wildman–Crippen MR) is 94.5 cm³/mol. The zero-order valence-electron chi connectivity index (χ0n) is 15.0. The van der Waals surface area contributed by atoms with E-state index in [0.29, 0.717) is 19.0 Å². The van der Waals surface area contributed by atoms with Crippen molar-refractivity contribution in [3.05, 3.63) is 30.1 Å². The summed E-state index contributed by atoms with van der Waals surface area (Å²) >= 11 is 0. The standard InChI is InChI=1S/C18H26N6O2/c25-18(19-8-11-23-9-1-7-20-23)15-2-3-16-21-22-17(24(16)10-4-15)14-5-12-26-13-6-14/h1,7,9,14-15H,2-6,8,10-13H2,(H,19,25). The minimum absolute atomic E-state index is 0.0388. The molecular weight excluding hydrogens is 332 g/mol. The number of ether oxygens (including phenoxy) is 1. The molecule has 0 bridgehead atoms. The monoisotopic (exact) mass is 358 g/mol. The van der Waals surface area contributed by atoms with Crippen molar-refractivity contribution in [2.45, 2.75) is 51.1 Å². The smallest absolute Gasteiger partial charge is 0.223 e. The first-order valence-corrected chi connectivity index (χ1v) is 9.56. The van der Waals surface area contributed by atoms with Crippen molar-refractivity contribution in [2.75, 3.05) is 19.8 Å². The Hall–Kier alpha value is -2.22. The molecule has 0 spiro atoms. The molecular formula is C18H26N6O2. The van der Waals surface area contributed by atoms with E-state index in [1.54, 1.807) is 6.20 Å². The van der Waals surface area contributed by atoms with E-state index >= 15 is 0 Å². The highest BCUT2D eigenvalue weighted by atomic mass is 16.5. The van der Waals surface area contributed by atoms with Crippen molar-refractivity contribution < 1.29 is 9.53 Å². The molecule has 1 saturated heterocycles. The molecule has 0 radical (unpaired) electrons.